The zero-order valence-electron chi connectivity index (χ0n) is 19.8. The highest BCUT2D eigenvalue weighted by Gasteiger charge is 2.40. The smallest absolute Gasteiger partial charge is 0.382 e. The van der Waals surface area contributed by atoms with Gasteiger partial charge in [-0.3, -0.25) is 14.2 Å². The second-order valence-corrected chi connectivity index (χ2v) is 8.99. The molecule has 4 N–H and O–H groups in total. The monoisotopic (exact) mass is 579 g/mol. The Hall–Kier alpha value is -3.85. The number of aliphatic hydroxyl groups is 1. The van der Waals surface area contributed by atoms with Crippen molar-refractivity contribution in [3.8, 4) is 11.4 Å². The van der Waals surface area contributed by atoms with Gasteiger partial charge in [-0.25, -0.2) is 9.48 Å². The van der Waals surface area contributed by atoms with E-state index < -0.39 is 60.2 Å². The maximum atomic E-state index is 13.2. The summed E-state index contributed by atoms with van der Waals surface area (Å²) >= 11 is 5.82. The molecule has 210 valence electrons. The zero-order chi connectivity index (χ0) is 29.3. The maximum Gasteiger partial charge on any atom is 0.416 e. The van der Waals surface area contributed by atoms with E-state index in [1.54, 1.807) is 0 Å². The summed E-state index contributed by atoms with van der Waals surface area (Å²) in [5.41, 5.74) is 0.672. The Morgan fingerprint density at radius 2 is 1.67 bits per heavy atom. The SMILES string of the molecule is C[C@](NC(=O)Cn1nc(-c2ccc(Cl)cc2)n(C[C@H](O)C(F)(F)F)c1=O)(C(N)=O)c1cccc(C(F)(F)F)c1. The Morgan fingerprint density at radius 1 is 1.08 bits per heavy atom. The summed E-state index contributed by atoms with van der Waals surface area (Å²) in [5.74, 6) is -2.70. The third-order valence-electron chi connectivity index (χ3n) is 5.70. The van der Waals surface area contributed by atoms with Crippen LogP contribution in [0.15, 0.2) is 53.3 Å². The Kier molecular flexibility index (Phi) is 8.17. The number of rotatable bonds is 8. The van der Waals surface area contributed by atoms with Crippen LogP contribution in [0, 0.1) is 0 Å². The molecule has 0 saturated heterocycles. The van der Waals surface area contributed by atoms with E-state index in [1.165, 1.54) is 24.3 Å². The van der Waals surface area contributed by atoms with Crippen molar-refractivity contribution in [2.75, 3.05) is 0 Å². The van der Waals surface area contributed by atoms with E-state index in [-0.39, 0.29) is 22.0 Å². The molecule has 0 aliphatic carbocycles. The molecular formula is C23H20ClF6N5O4. The van der Waals surface area contributed by atoms with Crippen molar-refractivity contribution < 1.29 is 41.0 Å². The minimum atomic E-state index is -5.08. The van der Waals surface area contributed by atoms with Crippen LogP contribution in [0.25, 0.3) is 11.4 Å². The molecule has 9 nitrogen and oxygen atoms in total. The number of carbonyl (C=O) groups excluding carboxylic acids is 2. The summed E-state index contributed by atoms with van der Waals surface area (Å²) < 4.78 is 79.5. The van der Waals surface area contributed by atoms with E-state index in [1.807, 2.05) is 0 Å². The largest absolute Gasteiger partial charge is 0.416 e. The van der Waals surface area contributed by atoms with Gasteiger partial charge in [0.05, 0.1) is 12.1 Å². The van der Waals surface area contributed by atoms with Crippen LogP contribution in [-0.4, -0.2) is 43.5 Å². The topological polar surface area (TPSA) is 132 Å². The fourth-order valence-electron chi connectivity index (χ4n) is 3.53. The molecular weight excluding hydrogens is 560 g/mol. The minimum Gasteiger partial charge on any atom is -0.382 e. The van der Waals surface area contributed by atoms with E-state index in [4.69, 9.17) is 17.3 Å². The number of nitrogens with two attached hydrogens (primary N) is 1. The molecule has 0 aliphatic heterocycles. The molecule has 2 aromatic carbocycles. The number of hydrogen-bond donors (Lipinski definition) is 3. The molecule has 0 fully saturated rings. The lowest BCUT2D eigenvalue weighted by Gasteiger charge is -2.28. The second kappa shape index (κ2) is 10.7. The molecule has 0 bridgehead atoms. The number of nitrogens with zero attached hydrogens (tertiary/aromatic N) is 3. The Labute approximate surface area is 220 Å². The fraction of sp³-hybridized carbons (Fsp3) is 0.304. The normalized spacial score (nSPS) is 14.5. The van der Waals surface area contributed by atoms with Crippen LogP contribution >= 0.6 is 11.6 Å². The highest BCUT2D eigenvalue weighted by Crippen LogP contribution is 2.32. The van der Waals surface area contributed by atoms with Gasteiger partial charge < -0.3 is 16.2 Å². The number of benzene rings is 2. The van der Waals surface area contributed by atoms with Crippen molar-refractivity contribution in [2.45, 2.75) is 44.0 Å². The molecule has 3 rings (SSSR count). The summed E-state index contributed by atoms with van der Waals surface area (Å²) in [6, 6.07) is 8.89. The number of alkyl halides is 6. The quantitative estimate of drug-likeness (QED) is 0.353. The van der Waals surface area contributed by atoms with Crippen LogP contribution in [-0.2, 0) is 34.4 Å². The van der Waals surface area contributed by atoms with Crippen LogP contribution < -0.4 is 16.7 Å². The van der Waals surface area contributed by atoms with Gasteiger partial charge in [-0.05, 0) is 48.9 Å². The standard InChI is InChI=1S/C23H20ClF6N5O4/c1-21(19(31)38,13-3-2-4-14(9-13)22(25,26)27)32-17(37)11-35-20(39)34(10-16(36)23(28,29)30)18(33-35)12-5-7-15(24)8-6-12/h2-9,16,36H,10-11H2,1H3,(H2,31,38)(H,32,37)/t16-,21+/m0/s1. The Bertz CT molecular complexity index is 1430. The van der Waals surface area contributed by atoms with Gasteiger partial charge in [0.2, 0.25) is 11.8 Å². The third-order valence-corrected chi connectivity index (χ3v) is 5.95. The van der Waals surface area contributed by atoms with Gasteiger partial charge in [-0.2, -0.15) is 26.3 Å². The number of amides is 2. The molecule has 0 spiro atoms. The van der Waals surface area contributed by atoms with Gasteiger partial charge in [0.15, 0.2) is 11.9 Å². The molecule has 1 heterocycles. The zero-order valence-corrected chi connectivity index (χ0v) is 20.6. The lowest BCUT2D eigenvalue weighted by atomic mass is 9.89. The molecule has 39 heavy (non-hydrogen) atoms. The Balaban J connectivity index is 1.98. The van der Waals surface area contributed by atoms with Crippen LogP contribution in [0.3, 0.4) is 0 Å². The average Bonchev–Trinajstić information content (AvgIpc) is 3.13. The van der Waals surface area contributed by atoms with E-state index in [0.717, 1.165) is 25.1 Å². The van der Waals surface area contributed by atoms with Gasteiger partial charge in [0, 0.05) is 10.6 Å². The van der Waals surface area contributed by atoms with Crippen molar-refractivity contribution in [2.24, 2.45) is 5.73 Å². The lowest BCUT2D eigenvalue weighted by Crippen LogP contribution is -2.54. The van der Waals surface area contributed by atoms with Crippen LogP contribution in [0.2, 0.25) is 5.02 Å². The van der Waals surface area contributed by atoms with E-state index in [0.29, 0.717) is 15.3 Å². The summed E-state index contributed by atoms with van der Waals surface area (Å²) in [4.78, 5) is 38.0. The number of primary amides is 1. The molecule has 2 amide bonds. The number of halogens is 7. The number of aliphatic hydroxyl groups excluding tert-OH is 1. The van der Waals surface area contributed by atoms with Crippen LogP contribution in [0.5, 0.6) is 0 Å². The van der Waals surface area contributed by atoms with Crippen LogP contribution in [0.4, 0.5) is 26.3 Å². The first-order valence-corrected chi connectivity index (χ1v) is 11.3. The summed E-state index contributed by atoms with van der Waals surface area (Å²) in [6.45, 7) is -1.18. The van der Waals surface area contributed by atoms with E-state index >= 15 is 0 Å². The first-order valence-electron chi connectivity index (χ1n) is 10.9. The molecule has 0 unspecified atom stereocenters. The summed E-state index contributed by atoms with van der Waals surface area (Å²) in [5, 5.41) is 15.9. The van der Waals surface area contributed by atoms with Gasteiger partial charge in [0.25, 0.3) is 0 Å². The number of aromatic nitrogens is 3. The van der Waals surface area contributed by atoms with Gasteiger partial charge in [0.1, 0.15) is 12.1 Å². The highest BCUT2D eigenvalue weighted by molar-refractivity contribution is 6.30. The molecule has 1 aromatic heterocycles. The third kappa shape index (κ3) is 6.60. The van der Waals surface area contributed by atoms with Gasteiger partial charge in [-0.1, -0.05) is 23.7 Å². The van der Waals surface area contributed by atoms with E-state index in [9.17, 15) is 45.8 Å². The number of nitrogens with one attached hydrogen (secondary N) is 1. The first kappa shape index (κ1) is 29.7. The maximum absolute atomic E-state index is 13.2. The molecule has 16 heteroatoms. The second-order valence-electron chi connectivity index (χ2n) is 8.55. The number of carbonyl (C=O) groups is 2. The predicted molar refractivity (Wildman–Crippen MR) is 125 cm³/mol. The van der Waals surface area contributed by atoms with Crippen molar-refractivity contribution in [3.63, 3.8) is 0 Å². The minimum absolute atomic E-state index is 0.121. The highest BCUT2D eigenvalue weighted by atomic mass is 35.5. The molecule has 0 saturated carbocycles. The molecule has 0 radical (unpaired) electrons. The summed E-state index contributed by atoms with van der Waals surface area (Å²) in [7, 11) is 0. The van der Waals surface area contributed by atoms with Crippen molar-refractivity contribution in [1.82, 2.24) is 19.7 Å². The fourth-order valence-corrected chi connectivity index (χ4v) is 3.66. The lowest BCUT2D eigenvalue weighted by molar-refractivity contribution is -0.207. The summed E-state index contributed by atoms with van der Waals surface area (Å²) in [6.07, 6.45) is -12.8. The first-order chi connectivity index (χ1) is 17.9. The van der Waals surface area contributed by atoms with Crippen LogP contribution in [0.1, 0.15) is 18.1 Å². The molecule has 2 atom stereocenters. The predicted octanol–water partition coefficient (Wildman–Crippen LogP) is 2.82. The van der Waals surface area contributed by atoms with Gasteiger partial charge >= 0.3 is 18.0 Å². The Morgan fingerprint density at radius 3 is 2.21 bits per heavy atom. The van der Waals surface area contributed by atoms with Crippen molar-refractivity contribution in [3.05, 3.63) is 75.2 Å². The van der Waals surface area contributed by atoms with E-state index in [2.05, 4.69) is 10.4 Å². The molecule has 0 aliphatic rings. The van der Waals surface area contributed by atoms with Gasteiger partial charge in [-0.15, -0.1) is 5.10 Å². The number of hydrogen-bond acceptors (Lipinski definition) is 5. The molecule has 3 aromatic rings. The van der Waals surface area contributed by atoms with Crippen molar-refractivity contribution >= 4 is 23.4 Å². The average molecular weight is 580 g/mol. The van der Waals surface area contributed by atoms with Crippen molar-refractivity contribution in [1.29, 1.82) is 0 Å².